The van der Waals surface area contributed by atoms with E-state index >= 15 is 0 Å². The van der Waals surface area contributed by atoms with Gasteiger partial charge in [-0.1, -0.05) is 23.6 Å². The fourth-order valence-electron chi connectivity index (χ4n) is 1.13. The molecule has 88 valence electrons. The molecule has 0 aliphatic rings. The van der Waals surface area contributed by atoms with Crippen molar-refractivity contribution in [3.63, 3.8) is 0 Å². The maximum atomic E-state index is 8.59. The van der Waals surface area contributed by atoms with Gasteiger partial charge >= 0.3 is 0 Å². The number of rotatable bonds is 3. The van der Waals surface area contributed by atoms with Gasteiger partial charge in [-0.15, -0.1) is 21.5 Å². The van der Waals surface area contributed by atoms with E-state index in [1.165, 1.54) is 16.6 Å². The van der Waals surface area contributed by atoms with E-state index in [2.05, 4.69) is 22.0 Å². The Kier molecular flexibility index (Phi) is 4.20. The predicted octanol–water partition coefficient (Wildman–Crippen LogP) is 2.08. The van der Waals surface area contributed by atoms with Crippen LogP contribution in [0.1, 0.15) is 16.3 Å². The largest absolute Gasteiger partial charge is 0.416 e. The molecule has 0 saturated heterocycles. The van der Waals surface area contributed by atoms with Crippen LogP contribution in [-0.2, 0) is 5.75 Å². The lowest BCUT2D eigenvalue weighted by Crippen LogP contribution is -1.75. The molecule has 2 aromatic heterocycles. The third-order valence-corrected chi connectivity index (χ3v) is 3.80. The van der Waals surface area contributed by atoms with Crippen molar-refractivity contribution >= 4 is 23.1 Å². The monoisotopic (exact) mass is 266 g/mol. The van der Waals surface area contributed by atoms with Gasteiger partial charge in [-0.3, -0.25) is 0 Å². The second kappa shape index (κ2) is 5.87. The molecule has 0 fully saturated rings. The van der Waals surface area contributed by atoms with Crippen LogP contribution in [0.25, 0.3) is 0 Å². The summed E-state index contributed by atoms with van der Waals surface area (Å²) in [5, 5.41) is 18.8. The van der Waals surface area contributed by atoms with Crippen molar-refractivity contribution in [2.24, 2.45) is 0 Å². The summed E-state index contributed by atoms with van der Waals surface area (Å²) in [6.45, 7) is 1.66. The van der Waals surface area contributed by atoms with E-state index in [4.69, 9.17) is 9.52 Å². The number of aliphatic hydroxyl groups is 1. The molecule has 6 heteroatoms. The zero-order valence-corrected chi connectivity index (χ0v) is 10.8. The molecule has 4 nitrogen and oxygen atoms in total. The SMILES string of the molecule is Cc1nnc(SCc2cc(C#CCO)cs2)o1. The number of thioether (sulfide) groups is 1. The Labute approximate surface area is 107 Å². The zero-order valence-electron chi connectivity index (χ0n) is 9.14. The van der Waals surface area contributed by atoms with Gasteiger partial charge in [-0.25, -0.2) is 0 Å². The number of thiophene rings is 1. The first kappa shape index (κ1) is 12.2. The van der Waals surface area contributed by atoms with Gasteiger partial charge in [-0.2, -0.15) is 0 Å². The highest BCUT2D eigenvalue weighted by Crippen LogP contribution is 2.25. The van der Waals surface area contributed by atoms with E-state index in [0.717, 1.165) is 11.3 Å². The fourth-order valence-corrected chi connectivity index (χ4v) is 2.81. The highest BCUT2D eigenvalue weighted by atomic mass is 32.2. The van der Waals surface area contributed by atoms with Gasteiger partial charge in [-0.05, 0) is 6.07 Å². The van der Waals surface area contributed by atoms with E-state index in [1.807, 2.05) is 11.4 Å². The second-order valence-electron chi connectivity index (χ2n) is 3.14. The van der Waals surface area contributed by atoms with Crippen molar-refractivity contribution in [2.75, 3.05) is 6.61 Å². The smallest absolute Gasteiger partial charge is 0.276 e. The zero-order chi connectivity index (χ0) is 12.1. The molecule has 0 atom stereocenters. The number of hydrogen-bond donors (Lipinski definition) is 1. The molecule has 0 unspecified atom stereocenters. The molecule has 0 spiro atoms. The van der Waals surface area contributed by atoms with E-state index < -0.39 is 0 Å². The Balaban J connectivity index is 1.93. The summed E-state index contributed by atoms with van der Waals surface area (Å²) in [5.74, 6) is 6.85. The molecule has 0 aliphatic heterocycles. The molecule has 0 amide bonds. The number of aryl methyl sites for hydroxylation is 1. The van der Waals surface area contributed by atoms with Gasteiger partial charge in [0.25, 0.3) is 5.22 Å². The van der Waals surface area contributed by atoms with E-state index in [1.54, 1.807) is 18.3 Å². The minimum atomic E-state index is -0.110. The van der Waals surface area contributed by atoms with Crippen LogP contribution in [0, 0.1) is 18.8 Å². The summed E-state index contributed by atoms with van der Waals surface area (Å²) < 4.78 is 5.26. The minimum absolute atomic E-state index is 0.110. The van der Waals surface area contributed by atoms with Gasteiger partial charge in [0.05, 0.1) is 0 Å². The average molecular weight is 266 g/mol. The van der Waals surface area contributed by atoms with Gasteiger partial charge in [0.1, 0.15) is 6.61 Å². The first-order valence-corrected chi connectivity index (χ1v) is 6.74. The molecule has 17 heavy (non-hydrogen) atoms. The van der Waals surface area contributed by atoms with Crippen LogP contribution in [0.2, 0.25) is 0 Å². The lowest BCUT2D eigenvalue weighted by Gasteiger charge is -1.91. The lowest BCUT2D eigenvalue weighted by atomic mass is 10.3. The number of hydrogen-bond acceptors (Lipinski definition) is 6. The Morgan fingerprint density at radius 1 is 1.53 bits per heavy atom. The Hall–Kier alpha value is -1.29. The summed E-state index contributed by atoms with van der Waals surface area (Å²) in [7, 11) is 0. The van der Waals surface area contributed by atoms with Crippen molar-refractivity contribution in [1.29, 1.82) is 0 Å². The van der Waals surface area contributed by atoms with Crippen LogP contribution in [0.5, 0.6) is 0 Å². The van der Waals surface area contributed by atoms with Crippen molar-refractivity contribution in [3.05, 3.63) is 27.8 Å². The summed E-state index contributed by atoms with van der Waals surface area (Å²) in [4.78, 5) is 1.19. The van der Waals surface area contributed by atoms with Crippen LogP contribution in [0.3, 0.4) is 0 Å². The third-order valence-electron chi connectivity index (χ3n) is 1.81. The predicted molar refractivity (Wildman–Crippen MR) is 66.9 cm³/mol. The molecular formula is C11H10N2O2S2. The Morgan fingerprint density at radius 2 is 2.41 bits per heavy atom. The number of nitrogens with zero attached hydrogens (tertiary/aromatic N) is 2. The first-order chi connectivity index (χ1) is 8.28. The van der Waals surface area contributed by atoms with Crippen LogP contribution in [-0.4, -0.2) is 21.9 Å². The molecule has 0 aromatic carbocycles. The normalized spacial score (nSPS) is 10.0. The first-order valence-electron chi connectivity index (χ1n) is 4.88. The molecule has 2 heterocycles. The number of aromatic nitrogens is 2. The highest BCUT2D eigenvalue weighted by Gasteiger charge is 2.05. The average Bonchev–Trinajstić information content (AvgIpc) is 2.93. The standard InChI is InChI=1S/C11H10N2O2S2/c1-8-12-13-11(15-8)17-7-10-5-9(6-16-10)3-2-4-14/h5-6,14H,4,7H2,1H3. The molecular weight excluding hydrogens is 256 g/mol. The van der Waals surface area contributed by atoms with Gasteiger partial charge in [0.2, 0.25) is 5.89 Å². The van der Waals surface area contributed by atoms with Crippen molar-refractivity contribution in [3.8, 4) is 11.8 Å². The van der Waals surface area contributed by atoms with Gasteiger partial charge < -0.3 is 9.52 Å². The summed E-state index contributed by atoms with van der Waals surface area (Å²) in [5.41, 5.74) is 0.932. The Bertz CT molecular complexity index is 551. The second-order valence-corrected chi connectivity index (χ2v) is 5.06. The van der Waals surface area contributed by atoms with Crippen LogP contribution in [0.15, 0.2) is 21.1 Å². The summed E-state index contributed by atoms with van der Waals surface area (Å²) in [6, 6.07) is 2.00. The highest BCUT2D eigenvalue weighted by molar-refractivity contribution is 7.98. The molecule has 0 bridgehead atoms. The fraction of sp³-hybridized carbons (Fsp3) is 0.273. The number of aliphatic hydroxyl groups excluding tert-OH is 1. The summed E-state index contributed by atoms with van der Waals surface area (Å²) >= 11 is 3.14. The lowest BCUT2D eigenvalue weighted by molar-refractivity contribution is 0.350. The van der Waals surface area contributed by atoms with E-state index in [9.17, 15) is 0 Å². The quantitative estimate of drug-likeness (QED) is 0.681. The molecule has 0 radical (unpaired) electrons. The van der Waals surface area contributed by atoms with Gasteiger partial charge in [0, 0.05) is 28.5 Å². The maximum Gasteiger partial charge on any atom is 0.276 e. The Morgan fingerprint density at radius 3 is 3.12 bits per heavy atom. The van der Waals surface area contributed by atoms with Crippen LogP contribution in [0.4, 0.5) is 0 Å². The maximum absolute atomic E-state index is 8.59. The molecule has 2 rings (SSSR count). The minimum Gasteiger partial charge on any atom is -0.416 e. The summed E-state index contributed by atoms with van der Waals surface area (Å²) in [6.07, 6.45) is 0. The van der Waals surface area contributed by atoms with E-state index in [0.29, 0.717) is 11.1 Å². The van der Waals surface area contributed by atoms with Crippen molar-refractivity contribution < 1.29 is 9.52 Å². The van der Waals surface area contributed by atoms with Crippen LogP contribution < -0.4 is 0 Å². The molecule has 0 aliphatic carbocycles. The molecule has 0 saturated carbocycles. The third kappa shape index (κ3) is 3.60. The van der Waals surface area contributed by atoms with Crippen LogP contribution >= 0.6 is 23.1 Å². The van der Waals surface area contributed by atoms with Crippen molar-refractivity contribution in [2.45, 2.75) is 17.9 Å². The van der Waals surface area contributed by atoms with Crippen molar-refractivity contribution in [1.82, 2.24) is 10.2 Å². The van der Waals surface area contributed by atoms with Gasteiger partial charge in [0.15, 0.2) is 0 Å². The topological polar surface area (TPSA) is 59.2 Å². The molecule has 1 N–H and O–H groups in total. The molecule has 2 aromatic rings. The van der Waals surface area contributed by atoms with E-state index in [-0.39, 0.29) is 6.61 Å².